The number of hydrogen-bond donors (Lipinski definition) is 1. The molecule has 1 unspecified atom stereocenters. The predicted octanol–water partition coefficient (Wildman–Crippen LogP) is 1.42. The molecule has 1 aliphatic heterocycles. The zero-order valence-electron chi connectivity index (χ0n) is 10.5. The fourth-order valence-electron chi connectivity index (χ4n) is 2.64. The van der Waals surface area contributed by atoms with Crippen LogP contribution in [0.5, 0.6) is 0 Å². The number of piperidine rings is 1. The minimum absolute atomic E-state index is 0.246. The topological polar surface area (TPSA) is 66.3 Å². The molecule has 0 aliphatic carbocycles. The Bertz CT molecular complexity index is 620. The van der Waals surface area contributed by atoms with Crippen molar-refractivity contribution in [1.82, 2.24) is 19.6 Å². The number of fused-ring (bicyclic) bond motifs is 1. The summed E-state index contributed by atoms with van der Waals surface area (Å²) in [5, 5.41) is 7.46. The molecule has 102 valence electrons. The zero-order valence-corrected chi connectivity index (χ0v) is 12.1. The molecule has 2 aromatic heterocycles. The number of H-pyrrole nitrogens is 1. The fraction of sp³-hybridized carbons (Fsp3) is 0.583. The molecule has 3 heterocycles. The second-order valence-corrected chi connectivity index (χ2v) is 5.73. The van der Waals surface area contributed by atoms with Gasteiger partial charge in [-0.2, -0.15) is 5.10 Å². The smallest absolute Gasteiger partial charge is 0.348 e. The monoisotopic (exact) mass is 325 g/mol. The van der Waals surface area contributed by atoms with Gasteiger partial charge in [0, 0.05) is 24.5 Å². The summed E-state index contributed by atoms with van der Waals surface area (Å²) in [5.41, 5.74) is 0.377. The second kappa shape index (κ2) is 5.32. The maximum atomic E-state index is 11.4. The Kier molecular flexibility index (Phi) is 3.54. The third-order valence-electron chi connectivity index (χ3n) is 3.66. The molecule has 0 amide bonds. The predicted molar refractivity (Wildman–Crippen MR) is 77.0 cm³/mol. The molecule has 1 saturated heterocycles. The first-order valence-corrected chi connectivity index (χ1v) is 7.64. The van der Waals surface area contributed by atoms with E-state index < -0.39 is 0 Å². The van der Waals surface area contributed by atoms with Crippen LogP contribution in [-0.4, -0.2) is 38.0 Å². The molecular formula is C12H16BrN5O. The molecule has 2 aromatic rings. The van der Waals surface area contributed by atoms with E-state index in [9.17, 15) is 4.79 Å². The molecule has 0 bridgehead atoms. The van der Waals surface area contributed by atoms with Gasteiger partial charge >= 0.3 is 5.69 Å². The first-order chi connectivity index (χ1) is 9.28. The van der Waals surface area contributed by atoms with Gasteiger partial charge in [-0.1, -0.05) is 15.9 Å². The Labute approximate surface area is 119 Å². The van der Waals surface area contributed by atoms with Crippen LogP contribution in [0.4, 0.5) is 5.82 Å². The third kappa shape index (κ3) is 2.51. The molecule has 0 saturated carbocycles. The lowest BCUT2D eigenvalue weighted by Crippen LogP contribution is -2.36. The number of hydrogen-bond acceptors (Lipinski definition) is 4. The van der Waals surface area contributed by atoms with Gasteiger partial charge in [-0.15, -0.1) is 0 Å². The van der Waals surface area contributed by atoms with Crippen molar-refractivity contribution in [3.63, 3.8) is 0 Å². The number of aromatic amines is 1. The van der Waals surface area contributed by atoms with Crippen molar-refractivity contribution in [2.24, 2.45) is 5.92 Å². The van der Waals surface area contributed by atoms with E-state index in [4.69, 9.17) is 0 Å². The van der Waals surface area contributed by atoms with Crippen LogP contribution in [0.1, 0.15) is 19.3 Å². The average molecular weight is 326 g/mol. The second-order valence-electron chi connectivity index (χ2n) is 4.94. The highest BCUT2D eigenvalue weighted by Crippen LogP contribution is 2.24. The molecule has 1 aliphatic rings. The van der Waals surface area contributed by atoms with Gasteiger partial charge < -0.3 is 4.90 Å². The molecule has 3 rings (SSSR count). The molecule has 19 heavy (non-hydrogen) atoms. The van der Waals surface area contributed by atoms with E-state index in [2.05, 4.69) is 36.0 Å². The summed E-state index contributed by atoms with van der Waals surface area (Å²) in [5.74, 6) is 1.62. The van der Waals surface area contributed by atoms with Crippen molar-refractivity contribution >= 4 is 27.4 Å². The normalized spacial score (nSPS) is 20.1. The molecule has 0 spiro atoms. The van der Waals surface area contributed by atoms with Gasteiger partial charge in [0.05, 0.1) is 0 Å². The van der Waals surface area contributed by atoms with Gasteiger partial charge in [0.2, 0.25) is 0 Å². The Morgan fingerprint density at radius 1 is 1.53 bits per heavy atom. The van der Waals surface area contributed by atoms with E-state index in [1.165, 1.54) is 23.7 Å². The van der Waals surface area contributed by atoms with Gasteiger partial charge in [-0.25, -0.2) is 19.3 Å². The van der Waals surface area contributed by atoms with Crippen molar-refractivity contribution in [3.05, 3.63) is 22.9 Å². The van der Waals surface area contributed by atoms with Gasteiger partial charge in [0.15, 0.2) is 5.65 Å². The molecule has 1 atom stereocenters. The number of aromatic nitrogens is 4. The van der Waals surface area contributed by atoms with E-state index in [-0.39, 0.29) is 5.69 Å². The van der Waals surface area contributed by atoms with Crippen LogP contribution in [0, 0.1) is 5.92 Å². The summed E-state index contributed by atoms with van der Waals surface area (Å²) in [7, 11) is 0. The lowest BCUT2D eigenvalue weighted by Gasteiger charge is -2.33. The Hall–Kier alpha value is -1.37. The number of nitrogens with zero attached hydrogens (tertiary/aromatic N) is 4. The number of anilines is 1. The van der Waals surface area contributed by atoms with E-state index in [0.29, 0.717) is 11.6 Å². The van der Waals surface area contributed by atoms with Gasteiger partial charge in [-0.05, 0) is 25.2 Å². The molecule has 1 fully saturated rings. The number of rotatable bonds is 3. The van der Waals surface area contributed by atoms with Crippen LogP contribution in [0.3, 0.4) is 0 Å². The molecule has 0 radical (unpaired) electrons. The van der Waals surface area contributed by atoms with Crippen LogP contribution in [0.2, 0.25) is 0 Å². The highest BCUT2D eigenvalue weighted by molar-refractivity contribution is 9.09. The number of alkyl halides is 1. The van der Waals surface area contributed by atoms with E-state index in [1.807, 2.05) is 6.07 Å². The van der Waals surface area contributed by atoms with Gasteiger partial charge in [0.1, 0.15) is 12.1 Å². The molecule has 1 N–H and O–H groups in total. The minimum atomic E-state index is -0.246. The van der Waals surface area contributed by atoms with Crippen LogP contribution >= 0.6 is 15.9 Å². The van der Waals surface area contributed by atoms with Crippen molar-refractivity contribution in [1.29, 1.82) is 0 Å². The van der Waals surface area contributed by atoms with E-state index >= 15 is 0 Å². The molecule has 0 aromatic carbocycles. The first kappa shape index (κ1) is 12.7. The minimum Gasteiger partial charge on any atom is -0.356 e. The Balaban J connectivity index is 1.84. The van der Waals surface area contributed by atoms with Crippen LogP contribution in [0.15, 0.2) is 17.2 Å². The van der Waals surface area contributed by atoms with E-state index in [0.717, 1.165) is 24.2 Å². The zero-order chi connectivity index (χ0) is 13.2. The van der Waals surface area contributed by atoms with Crippen molar-refractivity contribution in [2.75, 3.05) is 23.3 Å². The highest BCUT2D eigenvalue weighted by Gasteiger charge is 2.20. The van der Waals surface area contributed by atoms with Crippen molar-refractivity contribution in [3.8, 4) is 0 Å². The lowest BCUT2D eigenvalue weighted by atomic mass is 9.96. The van der Waals surface area contributed by atoms with Crippen LogP contribution in [-0.2, 0) is 0 Å². The summed E-state index contributed by atoms with van der Waals surface area (Å²) in [6, 6.07) is 1.87. The van der Waals surface area contributed by atoms with Gasteiger partial charge in [-0.3, -0.25) is 0 Å². The maximum Gasteiger partial charge on any atom is 0.348 e. The van der Waals surface area contributed by atoms with Crippen LogP contribution in [0.25, 0.3) is 5.65 Å². The van der Waals surface area contributed by atoms with Crippen LogP contribution < -0.4 is 10.6 Å². The SMILES string of the molecule is O=c1[nH]nc2cc(N3CCCC(CCBr)C3)ncn12. The highest BCUT2D eigenvalue weighted by atomic mass is 79.9. The summed E-state index contributed by atoms with van der Waals surface area (Å²) in [6.45, 7) is 2.06. The fourth-order valence-corrected chi connectivity index (χ4v) is 3.28. The quantitative estimate of drug-likeness (QED) is 0.867. The maximum absolute atomic E-state index is 11.4. The molecule has 6 nitrogen and oxygen atoms in total. The van der Waals surface area contributed by atoms with E-state index in [1.54, 1.807) is 6.33 Å². The lowest BCUT2D eigenvalue weighted by molar-refractivity contribution is 0.406. The third-order valence-corrected chi connectivity index (χ3v) is 4.11. The summed E-state index contributed by atoms with van der Waals surface area (Å²) in [6.07, 6.45) is 5.22. The Morgan fingerprint density at radius 3 is 3.26 bits per heavy atom. The first-order valence-electron chi connectivity index (χ1n) is 6.51. The summed E-state index contributed by atoms with van der Waals surface area (Å²) in [4.78, 5) is 18.1. The Morgan fingerprint density at radius 2 is 2.42 bits per heavy atom. The molecular weight excluding hydrogens is 310 g/mol. The largest absolute Gasteiger partial charge is 0.356 e. The summed E-state index contributed by atoms with van der Waals surface area (Å²) < 4.78 is 1.42. The standard InChI is InChI=1S/C12H16BrN5O/c13-4-3-9-2-1-5-17(7-9)10-6-11-15-16-12(19)18(11)8-14-10/h6,8-9H,1-5,7H2,(H,16,19). The van der Waals surface area contributed by atoms with Crippen molar-refractivity contribution < 1.29 is 0 Å². The number of halogens is 1. The molecule has 7 heteroatoms. The number of nitrogens with one attached hydrogen (secondary N) is 1. The van der Waals surface area contributed by atoms with Gasteiger partial charge in [0.25, 0.3) is 0 Å². The van der Waals surface area contributed by atoms with Crippen molar-refractivity contribution in [2.45, 2.75) is 19.3 Å². The average Bonchev–Trinajstić information content (AvgIpc) is 2.81. The summed E-state index contributed by atoms with van der Waals surface area (Å²) >= 11 is 3.51.